The summed E-state index contributed by atoms with van der Waals surface area (Å²) >= 11 is 0. The van der Waals surface area contributed by atoms with Crippen LogP contribution in [-0.2, 0) is 24.1 Å². The van der Waals surface area contributed by atoms with Gasteiger partial charge in [0, 0.05) is 46.3 Å². The predicted octanol–water partition coefficient (Wildman–Crippen LogP) is 7.37. The summed E-state index contributed by atoms with van der Waals surface area (Å²) in [6.07, 6.45) is -7.59. The number of rotatable bonds is 9. The van der Waals surface area contributed by atoms with Gasteiger partial charge in [-0.1, -0.05) is 36.4 Å². The minimum absolute atomic E-state index is 0.0212. The fraction of sp³-hybridized carbons (Fsp3) is 0.182. The van der Waals surface area contributed by atoms with E-state index >= 15 is 0 Å². The fourth-order valence-corrected chi connectivity index (χ4v) is 6.07. The summed E-state index contributed by atoms with van der Waals surface area (Å²) < 4.78 is 96.4. The highest BCUT2D eigenvalue weighted by Crippen LogP contribution is 2.44. The predicted molar refractivity (Wildman–Crippen MR) is 169 cm³/mol. The first-order valence-corrected chi connectivity index (χ1v) is 15.5. The number of fused-ring (bicyclic) bond motifs is 2. The van der Waals surface area contributed by atoms with Crippen molar-refractivity contribution in [2.24, 2.45) is 0 Å². The summed E-state index contributed by atoms with van der Waals surface area (Å²) in [6.45, 7) is 0.236. The Bertz CT molecular complexity index is 2100. The molecule has 0 aliphatic carbocycles. The van der Waals surface area contributed by atoms with E-state index in [0.717, 1.165) is 17.1 Å². The second-order valence-electron chi connectivity index (χ2n) is 11.0. The van der Waals surface area contributed by atoms with Crippen molar-refractivity contribution in [3.63, 3.8) is 0 Å². The van der Waals surface area contributed by atoms with Crippen LogP contribution in [0.5, 0.6) is 0 Å². The third-order valence-corrected chi connectivity index (χ3v) is 9.01. The monoisotopic (exact) mass is 684 g/mol. The van der Waals surface area contributed by atoms with Crippen molar-refractivity contribution in [1.29, 1.82) is 0 Å². The normalized spacial score (nSPS) is 13.2. The molecule has 0 saturated heterocycles. The van der Waals surface area contributed by atoms with Gasteiger partial charge in [0.2, 0.25) is 0 Å². The number of nitrogens with one attached hydrogen (secondary N) is 2. The molecule has 0 fully saturated rings. The zero-order chi connectivity index (χ0) is 34.3. The highest BCUT2D eigenvalue weighted by Gasteiger charge is 2.70. The number of nitrogens with zero attached hydrogens (tertiary/aromatic N) is 4. The molecule has 3 aromatic carbocycles. The highest BCUT2D eigenvalue weighted by atomic mass is 32.2. The number of alkyl halides is 6. The molecule has 0 bridgehead atoms. The summed E-state index contributed by atoms with van der Waals surface area (Å²) in [5.41, 5.74) is -1.74. The molecular formula is C33H26F6N6O2S. The molecule has 15 heteroatoms. The fourth-order valence-electron chi connectivity index (χ4n) is 5.22. The van der Waals surface area contributed by atoms with Crippen LogP contribution in [-0.4, -0.2) is 47.0 Å². The molecule has 0 aliphatic heterocycles. The molecule has 3 heterocycles. The van der Waals surface area contributed by atoms with Crippen molar-refractivity contribution in [3.8, 4) is 11.3 Å². The van der Waals surface area contributed by atoms with E-state index in [1.807, 2.05) is 30.3 Å². The van der Waals surface area contributed by atoms with Crippen molar-refractivity contribution in [3.05, 3.63) is 109 Å². The third kappa shape index (κ3) is 6.35. The molecule has 248 valence electrons. The van der Waals surface area contributed by atoms with Crippen LogP contribution in [0.25, 0.3) is 32.9 Å². The molecule has 1 atom stereocenters. The largest absolute Gasteiger partial charge is 0.428 e. The third-order valence-electron chi connectivity index (χ3n) is 7.91. The Morgan fingerprint density at radius 1 is 0.854 bits per heavy atom. The van der Waals surface area contributed by atoms with Gasteiger partial charge in [-0.2, -0.15) is 31.4 Å². The van der Waals surface area contributed by atoms with Crippen molar-refractivity contribution < 1.29 is 35.7 Å². The Morgan fingerprint density at radius 2 is 1.56 bits per heavy atom. The number of aliphatic hydroxyl groups is 1. The van der Waals surface area contributed by atoms with Gasteiger partial charge in [-0.05, 0) is 60.5 Å². The van der Waals surface area contributed by atoms with Gasteiger partial charge < -0.3 is 10.4 Å². The molecule has 3 N–H and O–H groups in total. The van der Waals surface area contributed by atoms with E-state index < -0.39 is 35.5 Å². The minimum atomic E-state index is -5.98. The molecule has 6 rings (SSSR count). The Kier molecular flexibility index (Phi) is 8.70. The number of hydrogen-bond donors (Lipinski definition) is 3. The second-order valence-corrected chi connectivity index (χ2v) is 12.3. The molecule has 0 amide bonds. The number of pyridine rings is 2. The molecule has 0 aliphatic rings. The van der Waals surface area contributed by atoms with E-state index in [4.69, 9.17) is 0 Å². The van der Waals surface area contributed by atoms with Crippen LogP contribution in [0.4, 0.5) is 37.8 Å². The van der Waals surface area contributed by atoms with Crippen LogP contribution < -0.4 is 10.0 Å². The lowest BCUT2D eigenvalue weighted by Crippen LogP contribution is -2.59. The molecule has 8 nitrogen and oxygen atoms in total. The van der Waals surface area contributed by atoms with Crippen molar-refractivity contribution >= 4 is 44.2 Å². The maximum absolute atomic E-state index is 13.4. The summed E-state index contributed by atoms with van der Waals surface area (Å²) in [7, 11) is -1.43. The molecular weight excluding hydrogens is 658 g/mol. The topological polar surface area (TPSA) is 105 Å². The van der Waals surface area contributed by atoms with Gasteiger partial charge in [0.25, 0.3) is 5.60 Å². The highest BCUT2D eigenvalue weighted by molar-refractivity contribution is 7.83. The summed E-state index contributed by atoms with van der Waals surface area (Å²) in [5, 5.41) is 18.4. The first-order chi connectivity index (χ1) is 22.7. The molecule has 0 spiro atoms. The zero-order valence-electron chi connectivity index (χ0n) is 25.0. The van der Waals surface area contributed by atoms with Crippen LogP contribution in [0.15, 0.2) is 102 Å². The van der Waals surface area contributed by atoms with Crippen LogP contribution in [0.1, 0.15) is 11.1 Å². The molecule has 1 unspecified atom stereocenters. The lowest BCUT2D eigenvalue weighted by molar-refractivity contribution is -0.372. The van der Waals surface area contributed by atoms with Gasteiger partial charge in [-0.3, -0.25) is 9.67 Å². The average molecular weight is 685 g/mol. The Hall–Kier alpha value is -4.86. The van der Waals surface area contributed by atoms with Crippen molar-refractivity contribution in [2.75, 3.05) is 5.32 Å². The zero-order valence-corrected chi connectivity index (χ0v) is 25.8. The molecule has 3 aromatic heterocycles. The number of halogens is 6. The minimum Gasteiger partial charge on any atom is -0.372 e. The van der Waals surface area contributed by atoms with Crippen molar-refractivity contribution in [1.82, 2.24) is 24.5 Å². The lowest BCUT2D eigenvalue weighted by atomic mass is 9.98. The molecule has 0 saturated carbocycles. The molecule has 0 radical (unpaired) electrons. The summed E-state index contributed by atoms with van der Waals surface area (Å²) in [6, 6.07) is 23.0. The second kappa shape index (κ2) is 12.6. The smallest absolute Gasteiger partial charge is 0.372 e. The maximum Gasteiger partial charge on any atom is 0.428 e. The van der Waals surface area contributed by atoms with E-state index in [-0.39, 0.29) is 5.52 Å². The number of aromatic nitrogens is 4. The number of hydrogen-bond acceptors (Lipinski definition) is 6. The first-order valence-electron chi connectivity index (χ1n) is 14.4. The van der Waals surface area contributed by atoms with Crippen molar-refractivity contribution in [2.45, 2.75) is 42.9 Å². The Labute approximate surface area is 272 Å². The van der Waals surface area contributed by atoms with Gasteiger partial charge in [0.15, 0.2) is 0 Å². The van der Waals surface area contributed by atoms with E-state index in [0.29, 0.717) is 55.2 Å². The van der Waals surface area contributed by atoms with Gasteiger partial charge in [-0.25, -0.2) is 13.9 Å². The van der Waals surface area contributed by atoms with E-state index in [9.17, 15) is 35.7 Å². The summed E-state index contributed by atoms with van der Waals surface area (Å²) in [5.74, 6) is 0.470. The number of benzene rings is 3. The standard InChI is InChI=1S/C33H26F6N6O2S/c1-20-25(11-12-28-27(20)18-42-45(28)19-31(46,32(34,35)36)33(37,38)39)30-26-15-29(41-17-22(26)13-14-40-30)44-23-7-9-24(10-8-23)48(47)43-16-21-5-3-2-4-6-21/h2-15,17-18,43,46H,16,19H2,1H3,(H,41,44). The number of anilines is 2. The van der Waals surface area contributed by atoms with E-state index in [2.05, 4.69) is 25.1 Å². The maximum atomic E-state index is 13.4. The number of aryl methyl sites for hydroxylation is 1. The Balaban J connectivity index is 1.26. The SMILES string of the molecule is Cc1c(-c2nccc3cnc(Nc4ccc(S(=O)NCc5ccccc5)cc4)cc23)ccc2c1cnn2CC(O)(C(F)(F)F)C(F)(F)F. The summed E-state index contributed by atoms with van der Waals surface area (Å²) in [4.78, 5) is 9.60. The molecule has 6 aromatic rings. The van der Waals surface area contributed by atoms with E-state index in [1.54, 1.807) is 55.7 Å². The van der Waals surface area contributed by atoms with Crippen LogP contribution in [0.2, 0.25) is 0 Å². The Morgan fingerprint density at radius 3 is 2.25 bits per heavy atom. The molecule has 48 heavy (non-hydrogen) atoms. The van der Waals surface area contributed by atoms with Crippen LogP contribution >= 0.6 is 0 Å². The van der Waals surface area contributed by atoms with Gasteiger partial charge >= 0.3 is 12.4 Å². The average Bonchev–Trinajstić information content (AvgIpc) is 3.46. The van der Waals surface area contributed by atoms with Gasteiger partial charge in [-0.15, -0.1) is 0 Å². The first kappa shape index (κ1) is 33.1. The van der Waals surface area contributed by atoms with Crippen LogP contribution in [0.3, 0.4) is 0 Å². The van der Waals surface area contributed by atoms with Crippen LogP contribution in [0, 0.1) is 6.92 Å². The van der Waals surface area contributed by atoms with Gasteiger partial charge in [0.05, 0.1) is 28.8 Å². The lowest BCUT2D eigenvalue weighted by Gasteiger charge is -2.32. The van der Waals surface area contributed by atoms with Gasteiger partial charge in [0.1, 0.15) is 16.8 Å². The van der Waals surface area contributed by atoms with E-state index in [1.165, 1.54) is 12.1 Å². The quantitative estimate of drug-likeness (QED) is 0.138.